The molecule has 0 radical (unpaired) electrons. The standard InChI is InChI=1S/C28H30Br2O8S2/c1-17-13-19(14-24(30)26(17)32)28(22-7-4-5-8-25(22)40(33,34)38-28)21-9-10-23(29)27(18(21)2)37-16-20(31)15-36-11-6-12-39-35-3/h4-5,7-10,13-14,20,31-32H,6,11-12,15-16H2,1-3H3. The topological polar surface area (TPSA) is 112 Å². The van der Waals surface area contributed by atoms with E-state index in [1.165, 1.54) is 18.1 Å². The molecule has 2 unspecified atom stereocenters. The fourth-order valence-corrected chi connectivity index (χ4v) is 7.61. The minimum Gasteiger partial charge on any atom is -0.506 e. The molecule has 2 N–H and O–H groups in total. The van der Waals surface area contributed by atoms with Crippen molar-refractivity contribution in [3.8, 4) is 11.5 Å². The highest BCUT2D eigenvalue weighted by molar-refractivity contribution is 9.10. The number of phenolic OH excluding ortho intramolecular Hbond substituents is 1. The number of aryl methyl sites for hydroxylation is 1. The van der Waals surface area contributed by atoms with Crippen LogP contribution in [0.5, 0.6) is 11.5 Å². The normalized spacial score (nSPS) is 18.4. The number of ether oxygens (including phenoxy) is 2. The predicted molar refractivity (Wildman–Crippen MR) is 160 cm³/mol. The van der Waals surface area contributed by atoms with Crippen molar-refractivity contribution in [3.63, 3.8) is 0 Å². The zero-order chi connectivity index (χ0) is 29.1. The van der Waals surface area contributed by atoms with Crippen LogP contribution in [0.15, 0.2) is 62.4 Å². The monoisotopic (exact) mass is 716 g/mol. The van der Waals surface area contributed by atoms with E-state index >= 15 is 0 Å². The lowest BCUT2D eigenvalue weighted by atomic mass is 9.78. The van der Waals surface area contributed by atoms with Gasteiger partial charge in [0.1, 0.15) is 29.1 Å². The van der Waals surface area contributed by atoms with Crippen molar-refractivity contribution < 1.29 is 36.5 Å². The molecule has 0 amide bonds. The Morgan fingerprint density at radius 2 is 1.80 bits per heavy atom. The number of aliphatic hydroxyl groups excluding tert-OH is 1. The molecule has 0 saturated heterocycles. The number of benzene rings is 3. The number of rotatable bonds is 12. The molecule has 0 saturated carbocycles. The van der Waals surface area contributed by atoms with E-state index in [2.05, 4.69) is 31.9 Å². The Kier molecular flexibility index (Phi) is 10.3. The molecule has 0 aliphatic carbocycles. The van der Waals surface area contributed by atoms with Gasteiger partial charge in [0.05, 0.1) is 22.7 Å². The summed E-state index contributed by atoms with van der Waals surface area (Å²) in [5.41, 5.74) is 1.11. The smallest absolute Gasteiger partial charge is 0.298 e. The molecule has 1 aliphatic heterocycles. The highest BCUT2D eigenvalue weighted by Crippen LogP contribution is 2.53. The molecule has 1 heterocycles. The van der Waals surface area contributed by atoms with E-state index in [0.29, 0.717) is 49.1 Å². The van der Waals surface area contributed by atoms with Gasteiger partial charge >= 0.3 is 0 Å². The SMILES string of the molecule is COSCCCOCC(O)COc1c(Br)ccc(C2(c3cc(C)c(O)c(Br)c3)OS(=O)(=O)c3ccccc32)c1C. The van der Waals surface area contributed by atoms with Gasteiger partial charge in [-0.3, -0.25) is 0 Å². The van der Waals surface area contributed by atoms with Crippen LogP contribution < -0.4 is 4.74 Å². The highest BCUT2D eigenvalue weighted by atomic mass is 79.9. The van der Waals surface area contributed by atoms with E-state index in [1.54, 1.807) is 56.5 Å². The molecule has 8 nitrogen and oxygen atoms in total. The van der Waals surface area contributed by atoms with Gasteiger partial charge in [-0.1, -0.05) is 24.3 Å². The second-order valence-corrected chi connectivity index (χ2v) is 13.5. The lowest BCUT2D eigenvalue weighted by Gasteiger charge is -2.32. The third kappa shape index (κ3) is 6.24. The van der Waals surface area contributed by atoms with E-state index < -0.39 is 21.8 Å². The van der Waals surface area contributed by atoms with E-state index in [0.717, 1.165) is 12.2 Å². The van der Waals surface area contributed by atoms with Crippen molar-refractivity contribution in [2.24, 2.45) is 0 Å². The molecular weight excluding hydrogens is 688 g/mol. The number of phenols is 1. The summed E-state index contributed by atoms with van der Waals surface area (Å²) in [5, 5.41) is 20.9. The van der Waals surface area contributed by atoms with Crippen LogP contribution in [0.1, 0.15) is 34.2 Å². The van der Waals surface area contributed by atoms with Crippen molar-refractivity contribution in [2.75, 3.05) is 32.7 Å². The Bertz CT molecular complexity index is 1460. The maximum Gasteiger partial charge on any atom is 0.298 e. The molecule has 3 aromatic rings. The van der Waals surface area contributed by atoms with Crippen molar-refractivity contribution >= 4 is 54.0 Å². The van der Waals surface area contributed by atoms with Crippen molar-refractivity contribution in [3.05, 3.63) is 85.3 Å². The number of hydrogen-bond donors (Lipinski definition) is 2. The fourth-order valence-electron chi connectivity index (χ4n) is 4.69. The van der Waals surface area contributed by atoms with E-state index in [-0.39, 0.29) is 23.9 Å². The molecule has 216 valence electrons. The number of hydrogen-bond acceptors (Lipinski definition) is 9. The van der Waals surface area contributed by atoms with Crippen LogP contribution in [-0.4, -0.2) is 57.4 Å². The molecular formula is C28H30Br2O8S2. The van der Waals surface area contributed by atoms with Gasteiger partial charge < -0.3 is 23.9 Å². The molecule has 2 atom stereocenters. The summed E-state index contributed by atoms with van der Waals surface area (Å²) in [5.74, 6) is 1.28. The first-order valence-corrected chi connectivity index (χ1v) is 16.3. The van der Waals surface area contributed by atoms with Crippen LogP contribution in [0.3, 0.4) is 0 Å². The van der Waals surface area contributed by atoms with Gasteiger partial charge in [0.15, 0.2) is 5.60 Å². The fraction of sp³-hybridized carbons (Fsp3) is 0.357. The van der Waals surface area contributed by atoms with Gasteiger partial charge in [-0.15, -0.1) is 0 Å². The van der Waals surface area contributed by atoms with Crippen LogP contribution in [0.4, 0.5) is 0 Å². The lowest BCUT2D eigenvalue weighted by Crippen LogP contribution is -2.31. The van der Waals surface area contributed by atoms with Gasteiger partial charge in [0.25, 0.3) is 10.1 Å². The Morgan fingerprint density at radius 3 is 2.52 bits per heavy atom. The summed E-state index contributed by atoms with van der Waals surface area (Å²) in [6.45, 7) is 4.10. The van der Waals surface area contributed by atoms with Crippen LogP contribution in [0.25, 0.3) is 0 Å². The molecule has 12 heteroatoms. The third-order valence-corrected chi connectivity index (χ3v) is 9.82. The largest absolute Gasteiger partial charge is 0.506 e. The number of fused-ring (bicyclic) bond motifs is 1. The second kappa shape index (κ2) is 13.1. The molecule has 0 aromatic heterocycles. The summed E-state index contributed by atoms with van der Waals surface area (Å²) in [4.78, 5) is 0.0677. The van der Waals surface area contributed by atoms with Crippen LogP contribution in [0.2, 0.25) is 0 Å². The maximum absolute atomic E-state index is 13.3. The summed E-state index contributed by atoms with van der Waals surface area (Å²) < 4.78 is 50.3. The van der Waals surface area contributed by atoms with E-state index in [9.17, 15) is 18.6 Å². The highest BCUT2D eigenvalue weighted by Gasteiger charge is 2.52. The quantitative estimate of drug-likeness (QED) is 0.133. The molecule has 0 spiro atoms. The Morgan fingerprint density at radius 1 is 1.05 bits per heavy atom. The van der Waals surface area contributed by atoms with Crippen molar-refractivity contribution in [1.82, 2.24) is 0 Å². The van der Waals surface area contributed by atoms with Crippen LogP contribution in [0, 0.1) is 13.8 Å². The lowest BCUT2D eigenvalue weighted by molar-refractivity contribution is 0.0122. The number of aromatic hydroxyl groups is 1. The van der Waals surface area contributed by atoms with Gasteiger partial charge in [-0.05, 0) is 105 Å². The Balaban J connectivity index is 1.73. The third-order valence-electron chi connectivity index (χ3n) is 6.53. The van der Waals surface area contributed by atoms with Crippen LogP contribution >= 0.6 is 43.9 Å². The van der Waals surface area contributed by atoms with Gasteiger partial charge in [0, 0.05) is 23.5 Å². The number of halogens is 2. The minimum atomic E-state index is -4.13. The first-order valence-electron chi connectivity index (χ1n) is 12.4. The van der Waals surface area contributed by atoms with E-state index in [1.807, 2.05) is 6.92 Å². The predicted octanol–water partition coefficient (Wildman–Crippen LogP) is 5.99. The summed E-state index contributed by atoms with van der Waals surface area (Å²) in [6.07, 6.45) is -0.0866. The molecule has 4 rings (SSSR count). The molecule has 3 aromatic carbocycles. The molecule has 40 heavy (non-hydrogen) atoms. The van der Waals surface area contributed by atoms with E-state index in [4.69, 9.17) is 17.8 Å². The van der Waals surface area contributed by atoms with Gasteiger partial charge in [-0.2, -0.15) is 8.42 Å². The van der Waals surface area contributed by atoms with Crippen LogP contribution in [-0.2, 0) is 28.8 Å². The molecule has 1 aliphatic rings. The molecule has 0 fully saturated rings. The number of aliphatic hydroxyl groups is 1. The minimum absolute atomic E-state index is 0.0394. The zero-order valence-electron chi connectivity index (χ0n) is 22.1. The van der Waals surface area contributed by atoms with Gasteiger partial charge in [-0.25, -0.2) is 4.18 Å². The molecule has 0 bridgehead atoms. The summed E-state index contributed by atoms with van der Waals surface area (Å²) in [6, 6.07) is 13.6. The Labute approximate surface area is 255 Å². The average Bonchev–Trinajstić information content (AvgIpc) is 3.16. The summed E-state index contributed by atoms with van der Waals surface area (Å²) in [7, 11) is -2.51. The summed E-state index contributed by atoms with van der Waals surface area (Å²) >= 11 is 8.29. The van der Waals surface area contributed by atoms with Crippen molar-refractivity contribution in [1.29, 1.82) is 0 Å². The zero-order valence-corrected chi connectivity index (χ0v) is 27.0. The Hall–Kier alpha value is -1.64. The average molecular weight is 718 g/mol. The second-order valence-electron chi connectivity index (χ2n) is 9.27. The first-order chi connectivity index (χ1) is 19.0. The maximum atomic E-state index is 13.3. The first kappa shape index (κ1) is 31.3. The van der Waals surface area contributed by atoms with Gasteiger partial charge in [0.2, 0.25) is 0 Å². The van der Waals surface area contributed by atoms with Crippen molar-refractivity contribution in [2.45, 2.75) is 36.9 Å².